The highest BCUT2D eigenvalue weighted by Gasteiger charge is 2.21. The first-order valence-corrected chi connectivity index (χ1v) is 4.50. The summed E-state index contributed by atoms with van der Waals surface area (Å²) in [5.41, 5.74) is 0. The molecule has 0 heterocycles. The summed E-state index contributed by atoms with van der Waals surface area (Å²) in [6.07, 6.45) is 4.42. The zero-order chi connectivity index (χ0) is 8.97. The molecule has 70 valence electrons. The van der Waals surface area contributed by atoms with Gasteiger partial charge in [0.1, 0.15) is 0 Å². The van der Waals surface area contributed by atoms with Gasteiger partial charge in [0.2, 0.25) is 0 Å². The van der Waals surface area contributed by atoms with E-state index in [2.05, 4.69) is 4.74 Å². The highest BCUT2D eigenvalue weighted by atomic mass is 16.5. The Morgan fingerprint density at radius 1 is 1.67 bits per heavy atom. The number of aliphatic hydroxyl groups is 1. The normalized spacial score (nSPS) is 19.8. The summed E-state index contributed by atoms with van der Waals surface area (Å²) >= 11 is 0. The number of methoxy groups -OCH3 is 1. The van der Waals surface area contributed by atoms with Crippen molar-refractivity contribution in [2.24, 2.45) is 5.92 Å². The van der Waals surface area contributed by atoms with Crippen LogP contribution in [-0.2, 0) is 9.53 Å². The van der Waals surface area contributed by atoms with Crippen molar-refractivity contribution in [2.45, 2.75) is 38.2 Å². The van der Waals surface area contributed by atoms with Crippen molar-refractivity contribution in [1.82, 2.24) is 0 Å². The molecule has 1 N–H and O–H groups in total. The molecular weight excluding hydrogens is 156 g/mol. The van der Waals surface area contributed by atoms with E-state index in [4.69, 9.17) is 0 Å². The van der Waals surface area contributed by atoms with Gasteiger partial charge in [0.05, 0.1) is 7.11 Å². The molecule has 1 rings (SSSR count). The number of hydrogen-bond donors (Lipinski definition) is 1. The number of aliphatic hydroxyl groups excluding tert-OH is 1. The third-order valence-electron chi connectivity index (χ3n) is 2.55. The predicted octanol–water partition coefficient (Wildman–Crippen LogP) is 1.10. The van der Waals surface area contributed by atoms with Gasteiger partial charge < -0.3 is 9.84 Å². The Balaban J connectivity index is 2.08. The van der Waals surface area contributed by atoms with Crippen molar-refractivity contribution in [3.05, 3.63) is 0 Å². The Morgan fingerprint density at radius 3 is 2.75 bits per heavy atom. The van der Waals surface area contributed by atoms with Crippen LogP contribution in [0.1, 0.15) is 32.1 Å². The summed E-state index contributed by atoms with van der Waals surface area (Å²) in [4.78, 5) is 10.8. The first-order chi connectivity index (χ1) is 5.74. The quantitative estimate of drug-likeness (QED) is 0.646. The lowest BCUT2D eigenvalue weighted by Crippen LogP contribution is -2.23. The number of rotatable bonds is 4. The molecule has 1 fully saturated rings. The molecule has 3 nitrogen and oxygen atoms in total. The van der Waals surface area contributed by atoms with Gasteiger partial charge in [-0.25, -0.2) is 4.79 Å². The predicted molar refractivity (Wildman–Crippen MR) is 44.6 cm³/mol. The van der Waals surface area contributed by atoms with Gasteiger partial charge in [-0.3, -0.25) is 0 Å². The Kier molecular flexibility index (Phi) is 3.53. The minimum Gasteiger partial charge on any atom is -0.467 e. The van der Waals surface area contributed by atoms with E-state index >= 15 is 0 Å². The van der Waals surface area contributed by atoms with E-state index in [0.29, 0.717) is 6.42 Å². The van der Waals surface area contributed by atoms with Crippen LogP contribution in [0.25, 0.3) is 0 Å². The van der Waals surface area contributed by atoms with E-state index in [9.17, 15) is 9.90 Å². The van der Waals surface area contributed by atoms with E-state index in [0.717, 1.165) is 12.3 Å². The van der Waals surface area contributed by atoms with Gasteiger partial charge in [0, 0.05) is 0 Å². The van der Waals surface area contributed by atoms with Gasteiger partial charge in [-0.2, -0.15) is 0 Å². The molecule has 0 radical (unpaired) electrons. The third-order valence-corrected chi connectivity index (χ3v) is 2.55. The first-order valence-electron chi connectivity index (χ1n) is 4.50. The molecule has 1 atom stereocenters. The maximum atomic E-state index is 10.8. The Hall–Kier alpha value is -0.570. The molecule has 0 bridgehead atoms. The summed E-state index contributed by atoms with van der Waals surface area (Å²) < 4.78 is 4.41. The number of ether oxygens (including phenoxy) is 1. The molecule has 0 spiro atoms. The first kappa shape index (κ1) is 9.52. The molecule has 0 amide bonds. The summed E-state index contributed by atoms with van der Waals surface area (Å²) in [7, 11) is 1.30. The molecule has 0 aromatic heterocycles. The lowest BCUT2D eigenvalue weighted by Gasteiger charge is -2.25. The van der Waals surface area contributed by atoms with E-state index in [1.54, 1.807) is 0 Å². The Morgan fingerprint density at radius 2 is 2.33 bits per heavy atom. The van der Waals surface area contributed by atoms with Crippen LogP contribution in [0.2, 0.25) is 0 Å². The van der Waals surface area contributed by atoms with Crippen LogP contribution < -0.4 is 0 Å². The maximum absolute atomic E-state index is 10.8. The molecule has 1 saturated carbocycles. The SMILES string of the molecule is COC(=O)C(O)CCC1CCC1. The number of carbonyl (C=O) groups is 1. The van der Waals surface area contributed by atoms with Crippen molar-refractivity contribution in [3.63, 3.8) is 0 Å². The monoisotopic (exact) mass is 172 g/mol. The standard InChI is InChI=1S/C9H16O3/c1-12-9(11)8(10)6-5-7-3-2-4-7/h7-8,10H,2-6H2,1H3. The van der Waals surface area contributed by atoms with Crippen LogP contribution >= 0.6 is 0 Å². The Labute approximate surface area is 72.7 Å². The second-order valence-corrected chi connectivity index (χ2v) is 3.41. The lowest BCUT2D eigenvalue weighted by atomic mass is 9.81. The topological polar surface area (TPSA) is 46.5 Å². The molecule has 1 unspecified atom stereocenters. The van der Waals surface area contributed by atoms with Crippen molar-refractivity contribution < 1.29 is 14.6 Å². The highest BCUT2D eigenvalue weighted by molar-refractivity contribution is 5.74. The summed E-state index contributed by atoms with van der Waals surface area (Å²) in [5, 5.41) is 9.21. The third kappa shape index (κ3) is 2.48. The minimum absolute atomic E-state index is 0.505. The fourth-order valence-electron chi connectivity index (χ4n) is 1.43. The van der Waals surface area contributed by atoms with Crippen molar-refractivity contribution in [1.29, 1.82) is 0 Å². The van der Waals surface area contributed by atoms with E-state index < -0.39 is 12.1 Å². The highest BCUT2D eigenvalue weighted by Crippen LogP contribution is 2.30. The smallest absolute Gasteiger partial charge is 0.334 e. The van der Waals surface area contributed by atoms with Gasteiger partial charge in [-0.15, -0.1) is 0 Å². The summed E-state index contributed by atoms with van der Waals surface area (Å²) in [6, 6.07) is 0. The maximum Gasteiger partial charge on any atom is 0.334 e. The molecule has 1 aliphatic carbocycles. The average molecular weight is 172 g/mol. The molecule has 3 heteroatoms. The van der Waals surface area contributed by atoms with Gasteiger partial charge >= 0.3 is 5.97 Å². The zero-order valence-corrected chi connectivity index (χ0v) is 7.45. The zero-order valence-electron chi connectivity index (χ0n) is 7.45. The molecule has 12 heavy (non-hydrogen) atoms. The molecule has 0 aromatic carbocycles. The van der Waals surface area contributed by atoms with Crippen LogP contribution in [-0.4, -0.2) is 24.3 Å². The molecule has 0 aliphatic heterocycles. The fourth-order valence-corrected chi connectivity index (χ4v) is 1.43. The van der Waals surface area contributed by atoms with E-state index in [-0.39, 0.29) is 0 Å². The second-order valence-electron chi connectivity index (χ2n) is 3.41. The van der Waals surface area contributed by atoms with Crippen LogP contribution in [0.5, 0.6) is 0 Å². The number of esters is 1. The van der Waals surface area contributed by atoms with Crippen molar-refractivity contribution >= 4 is 5.97 Å². The second kappa shape index (κ2) is 4.45. The molecule has 1 aliphatic rings. The molecular formula is C9H16O3. The van der Waals surface area contributed by atoms with Crippen LogP contribution in [0, 0.1) is 5.92 Å². The van der Waals surface area contributed by atoms with Crippen molar-refractivity contribution in [2.75, 3.05) is 7.11 Å². The van der Waals surface area contributed by atoms with Gasteiger partial charge in [0.25, 0.3) is 0 Å². The summed E-state index contributed by atoms with van der Waals surface area (Å²) in [6.45, 7) is 0. The minimum atomic E-state index is -0.907. The number of carbonyl (C=O) groups excluding carboxylic acids is 1. The van der Waals surface area contributed by atoms with Gasteiger partial charge in [0.15, 0.2) is 6.10 Å². The molecule has 0 saturated heterocycles. The van der Waals surface area contributed by atoms with Crippen LogP contribution in [0.15, 0.2) is 0 Å². The average Bonchev–Trinajstić information content (AvgIpc) is 2.00. The van der Waals surface area contributed by atoms with Crippen LogP contribution in [0.3, 0.4) is 0 Å². The van der Waals surface area contributed by atoms with Gasteiger partial charge in [-0.05, 0) is 18.8 Å². The summed E-state index contributed by atoms with van der Waals surface area (Å²) in [5.74, 6) is 0.235. The number of hydrogen-bond acceptors (Lipinski definition) is 3. The lowest BCUT2D eigenvalue weighted by molar-refractivity contribution is -0.150. The fraction of sp³-hybridized carbons (Fsp3) is 0.889. The van der Waals surface area contributed by atoms with Gasteiger partial charge in [-0.1, -0.05) is 19.3 Å². The van der Waals surface area contributed by atoms with E-state index in [1.165, 1.54) is 26.4 Å². The molecule has 0 aromatic rings. The van der Waals surface area contributed by atoms with Crippen LogP contribution in [0.4, 0.5) is 0 Å². The van der Waals surface area contributed by atoms with Crippen molar-refractivity contribution in [3.8, 4) is 0 Å². The Bertz CT molecular complexity index is 152. The van der Waals surface area contributed by atoms with E-state index in [1.807, 2.05) is 0 Å². The largest absolute Gasteiger partial charge is 0.467 e.